The zero-order valence-corrected chi connectivity index (χ0v) is 12.7. The van der Waals surface area contributed by atoms with Crippen molar-refractivity contribution in [2.24, 2.45) is 0 Å². The number of urea groups is 1. The number of rotatable bonds is 4. The number of aliphatic hydroxyl groups is 1. The number of carbonyl (C=O) groups is 1. The Bertz CT molecular complexity index is 747. The first kappa shape index (κ1) is 16.2. The van der Waals surface area contributed by atoms with E-state index in [1.165, 1.54) is 6.07 Å². The standard InChI is InChI=1S/C17H16F2N2O3/c18-12-2-1-3-13(19)16(12)21-17(23)20-9-14(22)10-4-5-15-11(8-10)6-7-24-15/h1-5,8,14,22H,6-7,9H2,(H2,20,21,23)/t14-/m1/s1. The van der Waals surface area contributed by atoms with Gasteiger partial charge in [-0.3, -0.25) is 0 Å². The first-order chi connectivity index (χ1) is 11.5. The van der Waals surface area contributed by atoms with E-state index in [1.54, 1.807) is 12.1 Å². The molecule has 0 aliphatic carbocycles. The average molecular weight is 334 g/mol. The first-order valence-electron chi connectivity index (χ1n) is 7.47. The summed E-state index contributed by atoms with van der Waals surface area (Å²) in [7, 11) is 0. The Balaban J connectivity index is 1.58. The first-order valence-corrected chi connectivity index (χ1v) is 7.47. The summed E-state index contributed by atoms with van der Waals surface area (Å²) in [6, 6.07) is 7.79. The van der Waals surface area contributed by atoms with Gasteiger partial charge in [0.1, 0.15) is 23.1 Å². The maximum absolute atomic E-state index is 13.5. The van der Waals surface area contributed by atoms with Gasteiger partial charge < -0.3 is 20.5 Å². The molecule has 2 aromatic rings. The van der Waals surface area contributed by atoms with E-state index in [-0.39, 0.29) is 6.54 Å². The fourth-order valence-electron chi connectivity index (χ4n) is 2.50. The van der Waals surface area contributed by atoms with Crippen molar-refractivity contribution in [2.75, 3.05) is 18.5 Å². The van der Waals surface area contributed by atoms with E-state index in [0.717, 1.165) is 29.9 Å². The molecule has 0 saturated carbocycles. The van der Waals surface area contributed by atoms with Crippen LogP contribution in [0.5, 0.6) is 5.75 Å². The van der Waals surface area contributed by atoms with Crippen LogP contribution in [-0.2, 0) is 6.42 Å². The molecule has 1 aliphatic rings. The number of benzene rings is 2. The number of hydrogen-bond donors (Lipinski definition) is 3. The highest BCUT2D eigenvalue weighted by Gasteiger charge is 2.17. The normalized spacial score (nSPS) is 13.8. The molecule has 0 aromatic heterocycles. The molecule has 5 nitrogen and oxygen atoms in total. The van der Waals surface area contributed by atoms with Gasteiger partial charge in [-0.2, -0.15) is 0 Å². The average Bonchev–Trinajstić information content (AvgIpc) is 3.03. The second kappa shape index (κ2) is 6.84. The van der Waals surface area contributed by atoms with Crippen molar-refractivity contribution < 1.29 is 23.4 Å². The summed E-state index contributed by atoms with van der Waals surface area (Å²) in [5, 5.41) is 14.6. The lowest BCUT2D eigenvalue weighted by Crippen LogP contribution is -2.33. The van der Waals surface area contributed by atoms with E-state index >= 15 is 0 Å². The zero-order chi connectivity index (χ0) is 17.1. The second-order valence-corrected chi connectivity index (χ2v) is 5.41. The summed E-state index contributed by atoms with van der Waals surface area (Å²) >= 11 is 0. The van der Waals surface area contributed by atoms with Gasteiger partial charge >= 0.3 is 6.03 Å². The number of amides is 2. The van der Waals surface area contributed by atoms with Gasteiger partial charge in [-0.1, -0.05) is 12.1 Å². The molecule has 24 heavy (non-hydrogen) atoms. The molecule has 2 amide bonds. The van der Waals surface area contributed by atoms with Gasteiger partial charge in [-0.05, 0) is 35.4 Å². The van der Waals surface area contributed by atoms with E-state index < -0.39 is 29.5 Å². The molecule has 0 spiro atoms. The van der Waals surface area contributed by atoms with Gasteiger partial charge in [0, 0.05) is 13.0 Å². The van der Waals surface area contributed by atoms with Crippen LogP contribution in [0.4, 0.5) is 19.3 Å². The number of hydrogen-bond acceptors (Lipinski definition) is 3. The van der Waals surface area contributed by atoms with E-state index in [2.05, 4.69) is 10.6 Å². The quantitative estimate of drug-likeness (QED) is 0.805. The van der Waals surface area contributed by atoms with Gasteiger partial charge in [-0.15, -0.1) is 0 Å². The topological polar surface area (TPSA) is 70.6 Å². The molecule has 3 rings (SSSR count). The van der Waals surface area contributed by atoms with Gasteiger partial charge in [0.05, 0.1) is 12.7 Å². The van der Waals surface area contributed by atoms with Crippen LogP contribution in [0.15, 0.2) is 36.4 Å². The summed E-state index contributed by atoms with van der Waals surface area (Å²) < 4.78 is 32.3. The molecule has 7 heteroatoms. The fraction of sp³-hybridized carbons (Fsp3) is 0.235. The maximum Gasteiger partial charge on any atom is 0.319 e. The summed E-state index contributed by atoms with van der Waals surface area (Å²) in [6.07, 6.45) is -0.164. The van der Waals surface area contributed by atoms with Crippen LogP contribution in [0.3, 0.4) is 0 Å². The Morgan fingerprint density at radius 1 is 1.25 bits per heavy atom. The van der Waals surface area contributed by atoms with Crippen molar-refractivity contribution in [3.05, 3.63) is 59.2 Å². The third-order valence-corrected chi connectivity index (χ3v) is 3.76. The third kappa shape index (κ3) is 3.46. The van der Waals surface area contributed by atoms with Crippen LogP contribution < -0.4 is 15.4 Å². The lowest BCUT2D eigenvalue weighted by atomic mass is 10.0. The molecule has 0 fully saturated rings. The van der Waals surface area contributed by atoms with Crippen molar-refractivity contribution >= 4 is 11.7 Å². The molecule has 0 bridgehead atoms. The smallest absolute Gasteiger partial charge is 0.319 e. The summed E-state index contributed by atoms with van der Waals surface area (Å²) in [5.41, 5.74) is 1.11. The summed E-state index contributed by atoms with van der Waals surface area (Å²) in [5.74, 6) is -0.944. The van der Waals surface area contributed by atoms with Gasteiger partial charge in [0.15, 0.2) is 0 Å². The molecular weight excluding hydrogens is 318 g/mol. The Kier molecular flexibility index (Phi) is 4.61. The molecule has 1 heterocycles. The number of anilines is 1. The summed E-state index contributed by atoms with van der Waals surface area (Å²) in [4.78, 5) is 11.8. The molecule has 1 atom stereocenters. The Morgan fingerprint density at radius 2 is 2.00 bits per heavy atom. The Labute approximate surface area is 137 Å². The molecule has 126 valence electrons. The highest BCUT2D eigenvalue weighted by molar-refractivity contribution is 5.89. The van der Waals surface area contributed by atoms with Crippen molar-refractivity contribution in [3.63, 3.8) is 0 Å². The molecule has 0 radical (unpaired) electrons. The van der Waals surface area contributed by atoms with Crippen molar-refractivity contribution in [2.45, 2.75) is 12.5 Å². The van der Waals surface area contributed by atoms with Crippen molar-refractivity contribution in [1.82, 2.24) is 5.32 Å². The van der Waals surface area contributed by atoms with Crippen LogP contribution in [-0.4, -0.2) is 24.3 Å². The van der Waals surface area contributed by atoms with Crippen LogP contribution in [0, 0.1) is 11.6 Å². The Hall–Kier alpha value is -2.67. The maximum atomic E-state index is 13.5. The lowest BCUT2D eigenvalue weighted by Gasteiger charge is -2.14. The fourth-order valence-corrected chi connectivity index (χ4v) is 2.50. The molecule has 1 aliphatic heterocycles. The number of para-hydroxylation sites is 1. The van der Waals surface area contributed by atoms with E-state index in [0.29, 0.717) is 12.2 Å². The van der Waals surface area contributed by atoms with Crippen molar-refractivity contribution in [1.29, 1.82) is 0 Å². The van der Waals surface area contributed by atoms with Gasteiger partial charge in [0.2, 0.25) is 0 Å². The van der Waals surface area contributed by atoms with E-state index in [9.17, 15) is 18.7 Å². The minimum atomic E-state index is -0.938. The van der Waals surface area contributed by atoms with E-state index in [4.69, 9.17) is 4.74 Å². The van der Waals surface area contributed by atoms with E-state index in [1.807, 2.05) is 6.07 Å². The lowest BCUT2D eigenvalue weighted by molar-refractivity contribution is 0.175. The molecule has 3 N–H and O–H groups in total. The largest absolute Gasteiger partial charge is 0.493 e. The monoisotopic (exact) mass is 334 g/mol. The minimum Gasteiger partial charge on any atom is -0.493 e. The van der Waals surface area contributed by atoms with Crippen LogP contribution in [0.25, 0.3) is 0 Å². The molecular formula is C17H16F2N2O3. The zero-order valence-electron chi connectivity index (χ0n) is 12.7. The number of halogens is 2. The number of nitrogens with one attached hydrogen (secondary N) is 2. The molecule has 0 unspecified atom stereocenters. The summed E-state index contributed by atoms with van der Waals surface area (Å²) in [6.45, 7) is 0.519. The van der Waals surface area contributed by atoms with Crippen LogP contribution in [0.1, 0.15) is 17.2 Å². The molecule has 0 saturated heterocycles. The predicted octanol–water partition coefficient (Wildman–Crippen LogP) is 2.75. The predicted molar refractivity (Wildman–Crippen MR) is 84.0 cm³/mol. The number of ether oxygens (including phenoxy) is 1. The molecule has 2 aromatic carbocycles. The van der Waals surface area contributed by atoms with Crippen LogP contribution in [0.2, 0.25) is 0 Å². The SMILES string of the molecule is O=C(NC[C@@H](O)c1ccc2c(c1)CCO2)Nc1c(F)cccc1F. The highest BCUT2D eigenvalue weighted by atomic mass is 19.1. The third-order valence-electron chi connectivity index (χ3n) is 3.76. The minimum absolute atomic E-state index is 0.0957. The van der Waals surface area contributed by atoms with Gasteiger partial charge in [0.25, 0.3) is 0 Å². The number of carbonyl (C=O) groups excluding carboxylic acids is 1. The Morgan fingerprint density at radius 3 is 2.75 bits per heavy atom. The second-order valence-electron chi connectivity index (χ2n) is 5.41. The number of fused-ring (bicyclic) bond motifs is 1. The number of aliphatic hydroxyl groups excluding tert-OH is 1. The van der Waals surface area contributed by atoms with Gasteiger partial charge in [-0.25, -0.2) is 13.6 Å². The van der Waals surface area contributed by atoms with Crippen LogP contribution >= 0.6 is 0 Å². The van der Waals surface area contributed by atoms with Crippen molar-refractivity contribution in [3.8, 4) is 5.75 Å². The highest BCUT2D eigenvalue weighted by Crippen LogP contribution is 2.28.